The van der Waals surface area contributed by atoms with E-state index in [1.54, 1.807) is 0 Å². The number of ether oxygens (including phenoxy) is 2. The summed E-state index contributed by atoms with van der Waals surface area (Å²) >= 11 is 0. The van der Waals surface area contributed by atoms with E-state index < -0.39 is 23.9 Å². The monoisotopic (exact) mass is 681 g/mol. The van der Waals surface area contributed by atoms with Gasteiger partial charge < -0.3 is 19.7 Å². The molecule has 0 aromatic heterocycles. The molecule has 0 fully saturated rings. The summed E-state index contributed by atoms with van der Waals surface area (Å²) in [6.07, 6.45) is 31.7. The maximum atomic E-state index is 12.7. The second-order valence-corrected chi connectivity index (χ2v) is 13.7. The molecule has 0 saturated heterocycles. The molecule has 2 unspecified atom stereocenters. The minimum absolute atomic E-state index is 0.137. The van der Waals surface area contributed by atoms with E-state index >= 15 is 0 Å². The van der Waals surface area contributed by atoms with Crippen molar-refractivity contribution in [2.45, 2.75) is 219 Å². The number of carbonyl (C=O) groups is 4. The normalized spacial score (nSPS) is 12.6. The summed E-state index contributed by atoms with van der Waals surface area (Å²) in [5.74, 6) is -2.38. The van der Waals surface area contributed by atoms with E-state index in [1.165, 1.54) is 25.0 Å². The van der Waals surface area contributed by atoms with Crippen LogP contribution in [-0.2, 0) is 28.7 Å². The molecule has 0 aromatic rings. The van der Waals surface area contributed by atoms with Crippen molar-refractivity contribution in [2.75, 3.05) is 0 Å². The molecule has 8 heteroatoms. The number of esters is 2. The van der Waals surface area contributed by atoms with Crippen LogP contribution in [0.3, 0.4) is 0 Å². The zero-order chi connectivity index (χ0) is 35.5. The molecule has 8 nitrogen and oxygen atoms in total. The maximum Gasteiger partial charge on any atom is 0.331 e. The van der Waals surface area contributed by atoms with Gasteiger partial charge in [0.15, 0.2) is 0 Å². The lowest BCUT2D eigenvalue weighted by molar-refractivity contribution is -0.146. The van der Waals surface area contributed by atoms with Crippen molar-refractivity contribution in [3.05, 3.63) is 12.2 Å². The first-order chi connectivity index (χ1) is 23.3. The van der Waals surface area contributed by atoms with E-state index in [-0.39, 0.29) is 25.0 Å². The van der Waals surface area contributed by atoms with Crippen LogP contribution in [0.5, 0.6) is 0 Å². The van der Waals surface area contributed by atoms with E-state index in [4.69, 9.17) is 19.7 Å². The first-order valence-corrected chi connectivity index (χ1v) is 19.8. The van der Waals surface area contributed by atoms with Gasteiger partial charge in [0.25, 0.3) is 0 Å². The summed E-state index contributed by atoms with van der Waals surface area (Å²) in [6, 6.07) is 0. The molecule has 0 bridgehead atoms. The fourth-order valence-corrected chi connectivity index (χ4v) is 6.08. The van der Waals surface area contributed by atoms with E-state index in [2.05, 4.69) is 13.8 Å². The summed E-state index contributed by atoms with van der Waals surface area (Å²) < 4.78 is 11.6. The van der Waals surface area contributed by atoms with Gasteiger partial charge >= 0.3 is 23.9 Å². The molecule has 0 rings (SSSR count). The third-order valence-corrected chi connectivity index (χ3v) is 9.01. The first kappa shape index (κ1) is 45.6. The van der Waals surface area contributed by atoms with E-state index in [0.29, 0.717) is 0 Å². The Morgan fingerprint density at radius 3 is 0.938 bits per heavy atom. The summed E-state index contributed by atoms with van der Waals surface area (Å²) in [5.41, 5.74) is 0. The highest BCUT2D eigenvalue weighted by Crippen LogP contribution is 2.19. The highest BCUT2D eigenvalue weighted by atomic mass is 16.5. The van der Waals surface area contributed by atoms with Crippen molar-refractivity contribution in [1.29, 1.82) is 0 Å². The Morgan fingerprint density at radius 1 is 0.417 bits per heavy atom. The van der Waals surface area contributed by atoms with Crippen molar-refractivity contribution < 1.29 is 38.9 Å². The number of carboxylic acid groups (broad SMARTS) is 2. The van der Waals surface area contributed by atoms with Gasteiger partial charge in [0, 0.05) is 25.0 Å². The lowest BCUT2D eigenvalue weighted by atomic mass is 10.0. The number of hydrogen-bond acceptors (Lipinski definition) is 6. The standard InChI is InChI=1S/C40H72O8/c1-3-5-7-21-27-35(29-23-17-13-9-11-15-19-25-31-37(41)42)47-39(45)33-34-40(46)48-36(28-22-8-6-4-2)30-24-18-14-10-12-16-20-26-32-38(43)44/h33-36H,3-32H2,1-2H3,(H,41,42)(H,43,44)/b34-33-. The molecular formula is C40H72O8. The van der Waals surface area contributed by atoms with Crippen LogP contribution in [0.25, 0.3) is 0 Å². The van der Waals surface area contributed by atoms with Gasteiger partial charge in [-0.25, -0.2) is 9.59 Å². The van der Waals surface area contributed by atoms with Gasteiger partial charge in [0.2, 0.25) is 0 Å². The van der Waals surface area contributed by atoms with Crippen LogP contribution in [0, 0.1) is 0 Å². The summed E-state index contributed by atoms with van der Waals surface area (Å²) in [6.45, 7) is 4.36. The fraction of sp³-hybridized carbons (Fsp3) is 0.850. The van der Waals surface area contributed by atoms with Crippen molar-refractivity contribution in [3.8, 4) is 0 Å². The zero-order valence-electron chi connectivity index (χ0n) is 30.9. The number of rotatable bonds is 36. The lowest BCUT2D eigenvalue weighted by Gasteiger charge is -2.18. The van der Waals surface area contributed by atoms with Crippen molar-refractivity contribution in [2.24, 2.45) is 0 Å². The molecular weight excluding hydrogens is 608 g/mol. The molecule has 0 aromatic carbocycles. The first-order valence-electron chi connectivity index (χ1n) is 19.8. The minimum atomic E-state index is -0.716. The van der Waals surface area contributed by atoms with Crippen LogP contribution in [0.4, 0.5) is 0 Å². The van der Waals surface area contributed by atoms with Crippen LogP contribution in [0.1, 0.15) is 206 Å². The topological polar surface area (TPSA) is 127 Å². The average Bonchev–Trinajstić information content (AvgIpc) is 3.05. The zero-order valence-corrected chi connectivity index (χ0v) is 30.9. The maximum absolute atomic E-state index is 12.7. The molecule has 0 amide bonds. The fourth-order valence-electron chi connectivity index (χ4n) is 6.08. The molecule has 0 radical (unpaired) electrons. The second-order valence-electron chi connectivity index (χ2n) is 13.7. The van der Waals surface area contributed by atoms with Crippen molar-refractivity contribution in [1.82, 2.24) is 0 Å². The van der Waals surface area contributed by atoms with E-state index in [0.717, 1.165) is 167 Å². The van der Waals surface area contributed by atoms with Gasteiger partial charge in [-0.15, -0.1) is 0 Å². The summed E-state index contributed by atoms with van der Waals surface area (Å²) in [5, 5.41) is 17.5. The number of unbranched alkanes of at least 4 members (excludes halogenated alkanes) is 20. The molecule has 0 aliphatic rings. The molecule has 48 heavy (non-hydrogen) atoms. The van der Waals surface area contributed by atoms with E-state index in [9.17, 15) is 19.2 Å². The smallest absolute Gasteiger partial charge is 0.331 e. The molecule has 0 saturated carbocycles. The predicted molar refractivity (Wildman–Crippen MR) is 194 cm³/mol. The Balaban J connectivity index is 4.57. The highest BCUT2D eigenvalue weighted by Gasteiger charge is 2.15. The lowest BCUT2D eigenvalue weighted by Crippen LogP contribution is -2.19. The Hall–Kier alpha value is -2.38. The van der Waals surface area contributed by atoms with Crippen LogP contribution >= 0.6 is 0 Å². The number of carboxylic acids is 2. The number of hydrogen-bond donors (Lipinski definition) is 2. The molecule has 280 valence electrons. The Labute approximate surface area is 293 Å². The summed E-state index contributed by atoms with van der Waals surface area (Å²) in [7, 11) is 0. The van der Waals surface area contributed by atoms with Crippen molar-refractivity contribution in [3.63, 3.8) is 0 Å². The molecule has 0 aliphatic carbocycles. The van der Waals surface area contributed by atoms with Gasteiger partial charge in [0.1, 0.15) is 12.2 Å². The number of aliphatic carboxylic acids is 2. The average molecular weight is 681 g/mol. The molecule has 2 atom stereocenters. The van der Waals surface area contributed by atoms with Gasteiger partial charge in [-0.2, -0.15) is 0 Å². The summed E-state index contributed by atoms with van der Waals surface area (Å²) in [4.78, 5) is 46.6. The quantitative estimate of drug-likeness (QED) is 0.0380. The van der Waals surface area contributed by atoms with Gasteiger partial charge in [-0.1, -0.05) is 129 Å². The minimum Gasteiger partial charge on any atom is -0.481 e. The molecule has 0 aliphatic heterocycles. The number of carbonyl (C=O) groups excluding carboxylic acids is 2. The molecule has 0 heterocycles. The van der Waals surface area contributed by atoms with Crippen LogP contribution in [0.15, 0.2) is 12.2 Å². The van der Waals surface area contributed by atoms with Gasteiger partial charge in [0.05, 0.1) is 0 Å². The van der Waals surface area contributed by atoms with Crippen LogP contribution in [0.2, 0.25) is 0 Å². The Kier molecular flexibility index (Phi) is 32.8. The predicted octanol–water partition coefficient (Wildman–Crippen LogP) is 11.3. The third kappa shape index (κ3) is 33.5. The highest BCUT2D eigenvalue weighted by molar-refractivity contribution is 5.91. The third-order valence-electron chi connectivity index (χ3n) is 9.01. The SMILES string of the molecule is CCCCCCC(CCCCCCCCCCC(=O)O)OC(=O)/C=C\C(=O)OC(CCCCCC)CCCCCCCCCCC(=O)O. The van der Waals surface area contributed by atoms with Gasteiger partial charge in [-0.3, -0.25) is 9.59 Å². The largest absolute Gasteiger partial charge is 0.481 e. The second kappa shape index (κ2) is 34.5. The van der Waals surface area contributed by atoms with E-state index in [1.807, 2.05) is 0 Å². The Morgan fingerprint density at radius 2 is 0.667 bits per heavy atom. The van der Waals surface area contributed by atoms with Crippen LogP contribution < -0.4 is 0 Å². The molecule has 2 N–H and O–H groups in total. The van der Waals surface area contributed by atoms with Crippen molar-refractivity contribution >= 4 is 23.9 Å². The molecule has 0 spiro atoms. The van der Waals surface area contributed by atoms with Crippen LogP contribution in [-0.4, -0.2) is 46.3 Å². The Bertz CT molecular complexity index is 758. The van der Waals surface area contributed by atoms with Gasteiger partial charge in [-0.05, 0) is 64.2 Å².